The van der Waals surface area contributed by atoms with Crippen LogP contribution in [0, 0.1) is 0 Å². The van der Waals surface area contributed by atoms with Gasteiger partial charge in [-0.1, -0.05) is 0 Å². The molecule has 0 radical (unpaired) electrons. The molecule has 14 nitrogen and oxygen atoms in total. The van der Waals surface area contributed by atoms with E-state index in [-0.39, 0.29) is 6.29 Å². The molecule has 0 saturated heterocycles. The van der Waals surface area contributed by atoms with Crippen LogP contribution in [0.15, 0.2) is 0 Å². The molecule has 0 heterocycles. The fourth-order valence-corrected chi connectivity index (χ4v) is 1.37. The molecular weight excluding hydrogens is 366 g/mol. The van der Waals surface area contributed by atoms with Crippen LogP contribution in [0.3, 0.4) is 0 Å². The van der Waals surface area contributed by atoms with Crippen LogP contribution in [0.5, 0.6) is 0 Å². The van der Waals surface area contributed by atoms with Crippen molar-refractivity contribution in [2.75, 3.05) is 6.61 Å². The molecule has 0 spiro atoms. The van der Waals surface area contributed by atoms with Crippen molar-refractivity contribution in [3.63, 3.8) is 0 Å². The maximum Gasteiger partial charge on any atom is 0.338 e. The summed E-state index contributed by atoms with van der Waals surface area (Å²) in [6.45, 7) is -0.760. The van der Waals surface area contributed by atoms with E-state index in [2.05, 4.69) is 0 Å². The van der Waals surface area contributed by atoms with Gasteiger partial charge in [-0.3, -0.25) is 9.59 Å². The molecule has 0 aromatic rings. The average Bonchev–Trinajstić information content (AvgIpc) is 2.57. The van der Waals surface area contributed by atoms with Crippen LogP contribution in [0.25, 0.3) is 0 Å². The molecule has 0 fully saturated rings. The van der Waals surface area contributed by atoms with Crippen molar-refractivity contribution in [3.8, 4) is 0 Å². The van der Waals surface area contributed by atoms with E-state index in [0.29, 0.717) is 0 Å². The first-order chi connectivity index (χ1) is 11.8. The third-order valence-electron chi connectivity index (χ3n) is 2.99. The van der Waals surface area contributed by atoms with Gasteiger partial charge in [0.25, 0.3) is 0 Å². The predicted molar refractivity (Wildman–Crippen MR) is 77.6 cm³/mol. The first-order valence-electron chi connectivity index (χ1n) is 6.70. The molecule has 0 saturated carbocycles. The van der Waals surface area contributed by atoms with E-state index in [9.17, 15) is 24.3 Å². The monoisotopic (exact) mass is 387 g/mol. The Morgan fingerprint density at radius 2 is 1.46 bits per heavy atom. The van der Waals surface area contributed by atoms with E-state index < -0.39 is 67.0 Å². The minimum Gasteiger partial charge on any atom is -0.481 e. The Kier molecular flexibility index (Phi) is 11.4. The Labute approximate surface area is 145 Å². The van der Waals surface area contributed by atoms with Gasteiger partial charge in [0.2, 0.25) is 0 Å². The highest BCUT2D eigenvalue weighted by molar-refractivity contribution is 5.91. The fourth-order valence-electron chi connectivity index (χ4n) is 1.37. The lowest BCUT2D eigenvalue weighted by Crippen LogP contribution is -2.58. The number of carboxylic acid groups (broad SMARTS) is 3. The van der Waals surface area contributed by atoms with Crippen LogP contribution in [0.4, 0.5) is 0 Å². The summed E-state index contributed by atoms with van der Waals surface area (Å²) in [6.07, 6.45) is -8.12. The summed E-state index contributed by atoms with van der Waals surface area (Å²) >= 11 is 0. The smallest absolute Gasteiger partial charge is 0.338 e. The molecule has 152 valence electrons. The summed E-state index contributed by atoms with van der Waals surface area (Å²) in [7, 11) is 0. The van der Waals surface area contributed by atoms with Crippen LogP contribution < -0.4 is 5.73 Å². The minimum atomic E-state index is -3.00. The molecule has 0 aromatic carbocycles. The van der Waals surface area contributed by atoms with Crippen LogP contribution in [0.2, 0.25) is 0 Å². The van der Waals surface area contributed by atoms with Crippen molar-refractivity contribution < 1.29 is 65.1 Å². The first-order valence-corrected chi connectivity index (χ1v) is 6.70. The number of nitrogens with two attached hydrogens (primary N) is 1. The third kappa shape index (κ3) is 7.79. The molecule has 6 atom stereocenters. The number of carbonyl (C=O) groups is 4. The number of rotatable bonds is 10. The van der Waals surface area contributed by atoms with Crippen molar-refractivity contribution in [2.45, 2.75) is 42.5 Å². The number of aliphatic hydroxyl groups excluding tert-OH is 5. The zero-order chi connectivity index (χ0) is 21.2. The SMILES string of the molecule is NC(C(=O)O)C(O)(CC(=O)O)C(=O)O.O=C[C@H](O)[C@@H](O)[C@H](O)[C@H](O)CO. The molecule has 0 aliphatic carbocycles. The second-order valence-corrected chi connectivity index (χ2v) is 4.97. The number of aliphatic hydroxyl groups is 6. The Morgan fingerprint density at radius 1 is 1.00 bits per heavy atom. The second-order valence-electron chi connectivity index (χ2n) is 4.97. The van der Waals surface area contributed by atoms with Crippen molar-refractivity contribution in [3.05, 3.63) is 0 Å². The first kappa shape index (κ1) is 26.0. The van der Waals surface area contributed by atoms with Crippen molar-refractivity contribution in [1.82, 2.24) is 0 Å². The number of aldehydes is 1. The molecule has 0 amide bonds. The molecule has 26 heavy (non-hydrogen) atoms. The Bertz CT molecular complexity index is 498. The van der Waals surface area contributed by atoms with Gasteiger partial charge in [0.1, 0.15) is 30.5 Å². The Hall–Kier alpha value is -2.20. The quantitative estimate of drug-likeness (QED) is 0.156. The van der Waals surface area contributed by atoms with Crippen molar-refractivity contribution in [2.24, 2.45) is 5.73 Å². The van der Waals surface area contributed by atoms with Gasteiger partial charge in [-0.05, 0) is 0 Å². The fraction of sp³-hybridized carbons (Fsp3) is 0.667. The van der Waals surface area contributed by atoms with E-state index in [1.807, 2.05) is 0 Å². The molecule has 0 aromatic heterocycles. The minimum absolute atomic E-state index is 0.0258. The van der Waals surface area contributed by atoms with Gasteiger partial charge >= 0.3 is 17.9 Å². The summed E-state index contributed by atoms with van der Waals surface area (Å²) in [4.78, 5) is 40.8. The number of carbonyl (C=O) groups excluding carboxylic acids is 1. The largest absolute Gasteiger partial charge is 0.481 e. The lowest BCUT2D eigenvalue weighted by Gasteiger charge is -2.24. The molecule has 2 unspecified atom stereocenters. The number of aliphatic carboxylic acids is 3. The average molecular weight is 387 g/mol. The van der Waals surface area contributed by atoms with Gasteiger partial charge in [-0.2, -0.15) is 0 Å². The second kappa shape index (κ2) is 11.4. The summed E-state index contributed by atoms with van der Waals surface area (Å²) in [6, 6.07) is -2.20. The highest BCUT2D eigenvalue weighted by Gasteiger charge is 2.48. The summed E-state index contributed by atoms with van der Waals surface area (Å²) < 4.78 is 0. The van der Waals surface area contributed by atoms with E-state index >= 15 is 0 Å². The van der Waals surface area contributed by atoms with Crippen molar-refractivity contribution >= 4 is 24.2 Å². The van der Waals surface area contributed by atoms with Gasteiger partial charge in [-0.25, -0.2) is 4.79 Å². The highest BCUT2D eigenvalue weighted by atomic mass is 16.4. The van der Waals surface area contributed by atoms with E-state index in [0.717, 1.165) is 0 Å². The maximum absolute atomic E-state index is 10.4. The maximum atomic E-state index is 10.4. The molecule has 0 aliphatic rings. The zero-order valence-electron chi connectivity index (χ0n) is 13.1. The van der Waals surface area contributed by atoms with Gasteiger partial charge in [0.05, 0.1) is 13.0 Å². The van der Waals surface area contributed by atoms with E-state index in [1.165, 1.54) is 0 Å². The van der Waals surface area contributed by atoms with E-state index in [4.69, 9.17) is 46.6 Å². The van der Waals surface area contributed by atoms with Crippen molar-refractivity contribution in [1.29, 1.82) is 0 Å². The highest BCUT2D eigenvalue weighted by Crippen LogP contribution is 2.15. The summed E-state index contributed by atoms with van der Waals surface area (Å²) in [5.74, 6) is -5.45. The van der Waals surface area contributed by atoms with Crippen LogP contribution in [-0.2, 0) is 19.2 Å². The third-order valence-corrected chi connectivity index (χ3v) is 2.99. The lowest BCUT2D eigenvalue weighted by atomic mass is 9.91. The molecule has 0 rings (SSSR count). The summed E-state index contributed by atoms with van der Waals surface area (Å²) in [5.41, 5.74) is 1.85. The molecule has 0 aliphatic heterocycles. The van der Waals surface area contributed by atoms with Crippen LogP contribution in [-0.4, -0.2) is 113 Å². The van der Waals surface area contributed by atoms with Gasteiger partial charge in [0.15, 0.2) is 11.9 Å². The zero-order valence-corrected chi connectivity index (χ0v) is 13.1. The normalized spacial score (nSPS) is 18.7. The molecule has 14 heteroatoms. The number of hydrogen-bond acceptors (Lipinski definition) is 11. The van der Waals surface area contributed by atoms with Gasteiger partial charge in [0, 0.05) is 0 Å². The Balaban J connectivity index is 0. The Morgan fingerprint density at radius 3 is 1.73 bits per heavy atom. The molecule has 11 N–H and O–H groups in total. The van der Waals surface area contributed by atoms with E-state index in [1.54, 1.807) is 0 Å². The summed E-state index contributed by atoms with van der Waals surface area (Å²) in [5, 5.41) is 77.8. The predicted octanol–water partition coefficient (Wildman–Crippen LogP) is -5.69. The standard InChI is InChI=1S/C6H9NO7.C6H12O6/c7-3(4(10)11)6(14,5(12)13)1-2(8)9;7-1-3(9)5(11)6(12)4(10)2-8/h3,14H,1,7H2,(H,8,9)(H,10,11)(H,12,13);1,3-6,8-12H,2H2/t;3-,4+,5+,6+/m.0/s1. The number of hydrogen-bond donors (Lipinski definition) is 10. The number of carboxylic acids is 3. The van der Waals surface area contributed by atoms with Crippen LogP contribution in [0.1, 0.15) is 6.42 Å². The molecule has 0 bridgehead atoms. The van der Waals surface area contributed by atoms with Gasteiger partial charge < -0.3 is 56.5 Å². The topological polar surface area (TPSA) is 276 Å². The lowest BCUT2D eigenvalue weighted by molar-refractivity contribution is -0.172. The molecular formula is C12H21NO13. The van der Waals surface area contributed by atoms with Gasteiger partial charge in [-0.15, -0.1) is 0 Å². The van der Waals surface area contributed by atoms with Crippen LogP contribution >= 0.6 is 0 Å².